The maximum absolute atomic E-state index is 10.9. The van der Waals surface area contributed by atoms with Gasteiger partial charge < -0.3 is 4.74 Å². The molecule has 1 rings (SSSR count). The number of nitrogens with one attached hydrogen (secondary N) is 1. The van der Waals surface area contributed by atoms with Crippen LogP contribution in [0.1, 0.15) is 0 Å². The number of hydrogen-bond donors (Lipinski definition) is 1. The molecule has 0 aliphatic rings. The van der Waals surface area contributed by atoms with Gasteiger partial charge in [-0.15, -0.1) is 0 Å². The fourth-order valence-corrected chi connectivity index (χ4v) is 0.689. The lowest BCUT2D eigenvalue weighted by Gasteiger charge is -1.98. The van der Waals surface area contributed by atoms with Gasteiger partial charge in [-0.2, -0.15) is 0 Å². The molecule has 0 spiro atoms. The molecule has 0 unspecified atom stereocenters. The van der Waals surface area contributed by atoms with Crippen molar-refractivity contribution in [2.45, 2.75) is 0 Å². The quantitative estimate of drug-likeness (QED) is 0.535. The number of hydrogen-bond acceptors (Lipinski definition) is 3. The van der Waals surface area contributed by atoms with Crippen molar-refractivity contribution in [2.75, 3.05) is 7.11 Å². The summed E-state index contributed by atoms with van der Waals surface area (Å²) < 4.78 is 5.71. The first-order chi connectivity index (χ1) is 5.16. The Balaban J connectivity index is 3.51. The highest BCUT2D eigenvalue weighted by Gasteiger charge is 2.02. The first-order valence-corrected chi connectivity index (χ1v) is 2.99. The van der Waals surface area contributed by atoms with E-state index in [4.69, 9.17) is 0 Å². The molecule has 60 valence electrons. The summed E-state index contributed by atoms with van der Waals surface area (Å²) in [6, 6.07) is 0. The van der Waals surface area contributed by atoms with Gasteiger partial charge in [-0.1, -0.05) is 0 Å². The van der Waals surface area contributed by atoms with Crippen molar-refractivity contribution in [3.8, 4) is 5.75 Å². The number of methoxy groups -OCH3 is 1. The molecular formula is C6H8N2O3. The molecule has 0 amide bonds. The molecule has 1 aromatic rings. The van der Waals surface area contributed by atoms with E-state index in [-0.39, 0.29) is 5.75 Å². The van der Waals surface area contributed by atoms with Gasteiger partial charge in [0.1, 0.15) is 0 Å². The summed E-state index contributed by atoms with van der Waals surface area (Å²) >= 11 is 0. The smallest absolute Gasteiger partial charge is 0.316 e. The zero-order valence-corrected chi connectivity index (χ0v) is 6.25. The van der Waals surface area contributed by atoms with Crippen LogP contribution in [0.25, 0.3) is 0 Å². The molecule has 11 heavy (non-hydrogen) atoms. The topological polar surface area (TPSA) is 64.1 Å². The minimum absolute atomic E-state index is 0.0353. The monoisotopic (exact) mass is 156 g/mol. The Kier molecular flexibility index (Phi) is 1.80. The lowest BCUT2D eigenvalue weighted by Crippen LogP contribution is -2.34. The Morgan fingerprint density at radius 3 is 2.73 bits per heavy atom. The van der Waals surface area contributed by atoms with Gasteiger partial charge in [0.2, 0.25) is 0 Å². The summed E-state index contributed by atoms with van der Waals surface area (Å²) in [5, 5.41) is 2.54. The SMILES string of the molecule is COc1c[nH]n(C)c(=O)c1=O. The summed E-state index contributed by atoms with van der Waals surface area (Å²) in [5.74, 6) is 0.0353. The van der Waals surface area contributed by atoms with Crippen molar-refractivity contribution < 1.29 is 4.74 Å². The van der Waals surface area contributed by atoms with Crippen LogP contribution in [-0.4, -0.2) is 16.9 Å². The fraction of sp³-hybridized carbons (Fsp3) is 0.333. The van der Waals surface area contributed by atoms with Crippen LogP contribution in [0.15, 0.2) is 15.8 Å². The summed E-state index contributed by atoms with van der Waals surface area (Å²) in [4.78, 5) is 21.8. The number of aromatic nitrogens is 2. The van der Waals surface area contributed by atoms with E-state index in [1.807, 2.05) is 0 Å². The Bertz CT molecular complexity index is 363. The van der Waals surface area contributed by atoms with Gasteiger partial charge in [0.25, 0.3) is 5.43 Å². The third-order valence-electron chi connectivity index (χ3n) is 1.33. The highest BCUT2D eigenvalue weighted by molar-refractivity contribution is 5.13. The van der Waals surface area contributed by atoms with E-state index >= 15 is 0 Å². The molecule has 0 bridgehead atoms. The van der Waals surface area contributed by atoms with Crippen LogP contribution < -0.4 is 15.7 Å². The first kappa shape index (κ1) is 7.59. The van der Waals surface area contributed by atoms with E-state index in [0.717, 1.165) is 4.68 Å². The average molecular weight is 156 g/mol. The predicted molar refractivity (Wildman–Crippen MR) is 38.9 cm³/mol. The van der Waals surface area contributed by atoms with E-state index in [9.17, 15) is 9.59 Å². The highest BCUT2D eigenvalue weighted by Crippen LogP contribution is 1.92. The Morgan fingerprint density at radius 2 is 2.18 bits per heavy atom. The molecule has 0 aliphatic heterocycles. The molecular weight excluding hydrogens is 148 g/mol. The minimum atomic E-state index is -0.631. The number of nitrogens with zero attached hydrogens (tertiary/aromatic N) is 1. The molecule has 1 heterocycles. The van der Waals surface area contributed by atoms with Crippen molar-refractivity contribution in [2.24, 2.45) is 7.05 Å². The second kappa shape index (κ2) is 2.61. The second-order valence-corrected chi connectivity index (χ2v) is 2.04. The third-order valence-corrected chi connectivity index (χ3v) is 1.33. The molecule has 1 aromatic heterocycles. The highest BCUT2D eigenvalue weighted by atomic mass is 16.5. The Hall–Kier alpha value is -1.52. The largest absolute Gasteiger partial charge is 0.491 e. The maximum atomic E-state index is 10.9. The molecule has 5 heteroatoms. The lowest BCUT2D eigenvalue weighted by atomic mass is 10.5. The van der Waals surface area contributed by atoms with E-state index in [0.29, 0.717) is 0 Å². The van der Waals surface area contributed by atoms with Crippen LogP contribution in [0, 0.1) is 0 Å². The number of aryl methyl sites for hydroxylation is 1. The van der Waals surface area contributed by atoms with Gasteiger partial charge >= 0.3 is 5.56 Å². The average Bonchev–Trinajstić information content (AvgIpc) is 2.01. The Morgan fingerprint density at radius 1 is 1.55 bits per heavy atom. The number of aromatic amines is 1. The van der Waals surface area contributed by atoms with Crippen LogP contribution in [0.4, 0.5) is 0 Å². The van der Waals surface area contributed by atoms with E-state index in [1.54, 1.807) is 0 Å². The normalized spacial score (nSPS) is 9.64. The van der Waals surface area contributed by atoms with Crippen molar-refractivity contribution in [3.05, 3.63) is 26.8 Å². The van der Waals surface area contributed by atoms with Crippen LogP contribution in [0.2, 0.25) is 0 Å². The van der Waals surface area contributed by atoms with Gasteiger partial charge in [0.15, 0.2) is 5.75 Å². The summed E-state index contributed by atoms with van der Waals surface area (Å²) in [5.41, 5.74) is -1.25. The molecule has 0 aromatic carbocycles. The van der Waals surface area contributed by atoms with Crippen molar-refractivity contribution in [3.63, 3.8) is 0 Å². The van der Waals surface area contributed by atoms with Gasteiger partial charge in [-0.05, 0) is 0 Å². The number of rotatable bonds is 1. The van der Waals surface area contributed by atoms with Crippen LogP contribution in [-0.2, 0) is 7.05 Å². The van der Waals surface area contributed by atoms with Crippen LogP contribution in [0.5, 0.6) is 5.75 Å². The zero-order chi connectivity index (χ0) is 8.43. The Labute approximate surface area is 62.2 Å². The van der Waals surface area contributed by atoms with Crippen molar-refractivity contribution in [1.29, 1.82) is 0 Å². The van der Waals surface area contributed by atoms with E-state index in [1.165, 1.54) is 20.4 Å². The standard InChI is InChI=1S/C6H8N2O3/c1-8-6(10)5(9)4(11-2)3-7-8/h3,7H,1-2H3. The lowest BCUT2D eigenvalue weighted by molar-refractivity contribution is 0.403. The minimum Gasteiger partial charge on any atom is -0.491 e. The molecule has 0 fully saturated rings. The van der Waals surface area contributed by atoms with Gasteiger partial charge in [0.05, 0.1) is 13.3 Å². The maximum Gasteiger partial charge on any atom is 0.316 e. The van der Waals surface area contributed by atoms with Crippen molar-refractivity contribution in [1.82, 2.24) is 9.78 Å². The molecule has 0 aliphatic carbocycles. The van der Waals surface area contributed by atoms with E-state index < -0.39 is 11.0 Å². The molecule has 0 saturated carbocycles. The van der Waals surface area contributed by atoms with Gasteiger partial charge in [-0.25, -0.2) is 0 Å². The first-order valence-electron chi connectivity index (χ1n) is 2.99. The van der Waals surface area contributed by atoms with E-state index in [2.05, 4.69) is 9.84 Å². The number of ether oxygens (including phenoxy) is 1. The third kappa shape index (κ3) is 1.17. The fourth-order valence-electron chi connectivity index (χ4n) is 0.689. The van der Waals surface area contributed by atoms with Crippen LogP contribution in [0.3, 0.4) is 0 Å². The second-order valence-electron chi connectivity index (χ2n) is 2.04. The summed E-state index contributed by atoms with van der Waals surface area (Å²) in [7, 11) is 2.80. The summed E-state index contributed by atoms with van der Waals surface area (Å²) in [6.45, 7) is 0. The van der Waals surface area contributed by atoms with Gasteiger partial charge in [-0.3, -0.25) is 19.4 Å². The van der Waals surface area contributed by atoms with Crippen molar-refractivity contribution >= 4 is 0 Å². The molecule has 0 saturated heterocycles. The summed E-state index contributed by atoms with van der Waals surface area (Å²) in [6.07, 6.45) is 1.34. The predicted octanol–water partition coefficient (Wildman–Crippen LogP) is -0.918. The molecule has 5 nitrogen and oxygen atoms in total. The zero-order valence-electron chi connectivity index (χ0n) is 6.25. The van der Waals surface area contributed by atoms with Crippen LogP contribution >= 0.6 is 0 Å². The molecule has 0 radical (unpaired) electrons. The molecule has 0 atom stereocenters. The van der Waals surface area contributed by atoms with Gasteiger partial charge in [0, 0.05) is 7.05 Å². The number of H-pyrrole nitrogens is 1. The molecule has 1 N–H and O–H groups in total.